The van der Waals surface area contributed by atoms with Crippen LogP contribution in [0.5, 0.6) is 0 Å². The van der Waals surface area contributed by atoms with E-state index in [1.807, 2.05) is 6.20 Å². The molecule has 0 aromatic carbocycles. The fraction of sp³-hybridized carbons (Fsp3) is 0.467. The highest BCUT2D eigenvalue weighted by molar-refractivity contribution is 5.94. The molecule has 0 bridgehead atoms. The molecule has 7 nitrogen and oxygen atoms in total. The van der Waals surface area contributed by atoms with Crippen LogP contribution < -0.4 is 5.32 Å². The van der Waals surface area contributed by atoms with E-state index >= 15 is 0 Å². The summed E-state index contributed by atoms with van der Waals surface area (Å²) in [6.45, 7) is 3.09. The molecule has 2 aromatic heterocycles. The van der Waals surface area contributed by atoms with Gasteiger partial charge in [0, 0.05) is 30.8 Å². The van der Waals surface area contributed by atoms with Crippen molar-refractivity contribution in [3.05, 3.63) is 41.5 Å². The monoisotopic (exact) mass is 301 g/mol. The summed E-state index contributed by atoms with van der Waals surface area (Å²) in [5.41, 5.74) is 2.22. The molecule has 1 aliphatic rings. The summed E-state index contributed by atoms with van der Waals surface area (Å²) in [6, 6.07) is 1.68. The highest BCUT2D eigenvalue weighted by Crippen LogP contribution is 2.32. The number of carbonyl (C=O) groups is 1. The number of nitrogens with one attached hydrogen (secondary N) is 2. The molecule has 1 fully saturated rings. The zero-order valence-corrected chi connectivity index (χ0v) is 12.5. The molecule has 0 aliphatic carbocycles. The topological polar surface area (TPSA) is 92.8 Å². The van der Waals surface area contributed by atoms with Gasteiger partial charge in [-0.05, 0) is 25.8 Å². The molecule has 0 radical (unpaired) electrons. The van der Waals surface area contributed by atoms with Gasteiger partial charge in [-0.2, -0.15) is 15.3 Å². The molecule has 2 atom stereocenters. The second-order valence-corrected chi connectivity index (χ2v) is 5.47. The minimum absolute atomic E-state index is 0.0236. The zero-order valence-electron chi connectivity index (χ0n) is 12.5. The maximum Gasteiger partial charge on any atom is 0.253 e. The zero-order chi connectivity index (χ0) is 15.4. The first-order valence-electron chi connectivity index (χ1n) is 7.42. The van der Waals surface area contributed by atoms with Crippen LogP contribution in [-0.4, -0.2) is 39.5 Å². The number of hydrogen-bond donors (Lipinski definition) is 2. The standard InChI is InChI=1S/C15H19N5O2/c1-10-13(4-5-17-20-10)15(21)16-7-11-3-2-6-22-14(11)12-8-18-19-9-12/h4-5,8-9,11,14H,2-3,6-7H2,1H3,(H,16,21)(H,18,19)/t11-,14+/m0/s1. The van der Waals surface area contributed by atoms with Crippen molar-refractivity contribution in [2.24, 2.45) is 5.92 Å². The Morgan fingerprint density at radius 1 is 1.55 bits per heavy atom. The number of nitrogens with zero attached hydrogens (tertiary/aromatic N) is 3. The van der Waals surface area contributed by atoms with E-state index in [2.05, 4.69) is 25.7 Å². The summed E-state index contributed by atoms with van der Waals surface area (Å²) in [5, 5.41) is 17.4. The fourth-order valence-corrected chi connectivity index (χ4v) is 2.80. The molecule has 1 amide bonds. The minimum atomic E-state index is -0.121. The summed E-state index contributed by atoms with van der Waals surface area (Å²) < 4.78 is 5.86. The van der Waals surface area contributed by atoms with Gasteiger partial charge in [0.2, 0.25) is 0 Å². The molecule has 3 heterocycles. The van der Waals surface area contributed by atoms with Gasteiger partial charge in [-0.15, -0.1) is 0 Å². The third-order valence-corrected chi connectivity index (χ3v) is 3.97. The van der Waals surface area contributed by atoms with Gasteiger partial charge in [0.15, 0.2) is 0 Å². The first kappa shape index (κ1) is 14.6. The Balaban J connectivity index is 1.64. The van der Waals surface area contributed by atoms with E-state index in [9.17, 15) is 4.79 Å². The van der Waals surface area contributed by atoms with Crippen molar-refractivity contribution in [2.75, 3.05) is 13.2 Å². The highest BCUT2D eigenvalue weighted by Gasteiger charge is 2.28. The highest BCUT2D eigenvalue weighted by atomic mass is 16.5. The summed E-state index contributed by atoms with van der Waals surface area (Å²) in [4.78, 5) is 12.3. The predicted octanol–water partition coefficient (Wildman–Crippen LogP) is 1.41. The molecule has 0 spiro atoms. The van der Waals surface area contributed by atoms with Crippen molar-refractivity contribution in [3.63, 3.8) is 0 Å². The lowest BCUT2D eigenvalue weighted by Crippen LogP contribution is -2.35. The molecule has 116 valence electrons. The Labute approximate surface area is 128 Å². The molecule has 7 heteroatoms. The van der Waals surface area contributed by atoms with Crippen molar-refractivity contribution >= 4 is 5.91 Å². The lowest BCUT2D eigenvalue weighted by molar-refractivity contribution is -0.0272. The Hall–Kier alpha value is -2.28. The normalized spacial score (nSPS) is 21.5. The van der Waals surface area contributed by atoms with E-state index in [0.717, 1.165) is 25.0 Å². The van der Waals surface area contributed by atoms with Gasteiger partial charge in [0.05, 0.1) is 29.8 Å². The Kier molecular flexibility index (Phi) is 4.43. The second kappa shape index (κ2) is 6.65. The number of carbonyl (C=O) groups excluding carboxylic acids is 1. The van der Waals surface area contributed by atoms with Crippen LogP contribution in [0.25, 0.3) is 0 Å². The summed E-state index contributed by atoms with van der Waals surface area (Å²) >= 11 is 0. The smallest absolute Gasteiger partial charge is 0.253 e. The maximum absolute atomic E-state index is 12.3. The van der Waals surface area contributed by atoms with E-state index < -0.39 is 0 Å². The van der Waals surface area contributed by atoms with E-state index in [-0.39, 0.29) is 17.9 Å². The molecule has 2 N–H and O–H groups in total. The number of amides is 1. The quantitative estimate of drug-likeness (QED) is 0.890. The lowest BCUT2D eigenvalue weighted by Gasteiger charge is -2.31. The fourth-order valence-electron chi connectivity index (χ4n) is 2.80. The lowest BCUT2D eigenvalue weighted by atomic mass is 9.91. The third-order valence-electron chi connectivity index (χ3n) is 3.97. The predicted molar refractivity (Wildman–Crippen MR) is 79.1 cm³/mol. The van der Waals surface area contributed by atoms with E-state index in [1.54, 1.807) is 19.2 Å². The molecule has 1 aliphatic heterocycles. The molecule has 22 heavy (non-hydrogen) atoms. The molecule has 0 unspecified atom stereocenters. The van der Waals surface area contributed by atoms with Gasteiger partial charge < -0.3 is 10.1 Å². The van der Waals surface area contributed by atoms with Crippen molar-refractivity contribution < 1.29 is 9.53 Å². The van der Waals surface area contributed by atoms with Crippen LogP contribution in [0.3, 0.4) is 0 Å². The van der Waals surface area contributed by atoms with E-state index in [0.29, 0.717) is 17.8 Å². The molecule has 0 saturated carbocycles. The van der Waals surface area contributed by atoms with E-state index in [4.69, 9.17) is 4.74 Å². The Morgan fingerprint density at radius 3 is 3.23 bits per heavy atom. The van der Waals surface area contributed by atoms with Gasteiger partial charge in [-0.3, -0.25) is 9.89 Å². The Morgan fingerprint density at radius 2 is 2.45 bits per heavy atom. The second-order valence-electron chi connectivity index (χ2n) is 5.47. The number of rotatable bonds is 4. The van der Waals surface area contributed by atoms with Crippen molar-refractivity contribution in [2.45, 2.75) is 25.9 Å². The number of H-pyrrole nitrogens is 1. The maximum atomic E-state index is 12.3. The summed E-state index contributed by atoms with van der Waals surface area (Å²) in [5.74, 6) is 0.120. The van der Waals surface area contributed by atoms with Gasteiger partial charge >= 0.3 is 0 Å². The number of aromatic nitrogens is 4. The minimum Gasteiger partial charge on any atom is -0.373 e. The van der Waals surface area contributed by atoms with Gasteiger partial charge in [0.25, 0.3) is 5.91 Å². The largest absolute Gasteiger partial charge is 0.373 e. The Bertz CT molecular complexity index is 629. The molecule has 1 saturated heterocycles. The van der Waals surface area contributed by atoms with Crippen LogP contribution >= 0.6 is 0 Å². The molecular weight excluding hydrogens is 282 g/mol. The average Bonchev–Trinajstić information content (AvgIpc) is 3.07. The van der Waals surface area contributed by atoms with Crippen LogP contribution in [0.1, 0.15) is 40.6 Å². The molecule has 2 aromatic rings. The number of ether oxygens (including phenoxy) is 1. The third kappa shape index (κ3) is 3.14. The van der Waals surface area contributed by atoms with Crippen molar-refractivity contribution in [1.29, 1.82) is 0 Å². The van der Waals surface area contributed by atoms with Gasteiger partial charge in [-0.1, -0.05) is 0 Å². The average molecular weight is 301 g/mol. The SMILES string of the molecule is Cc1nnccc1C(=O)NC[C@@H]1CCCO[C@H]1c1cn[nH]c1. The number of hydrogen-bond acceptors (Lipinski definition) is 5. The summed E-state index contributed by atoms with van der Waals surface area (Å²) in [6.07, 6.45) is 7.15. The van der Waals surface area contributed by atoms with Crippen LogP contribution in [0.2, 0.25) is 0 Å². The van der Waals surface area contributed by atoms with Gasteiger partial charge in [0.1, 0.15) is 0 Å². The van der Waals surface area contributed by atoms with Crippen LogP contribution in [0.15, 0.2) is 24.7 Å². The number of aromatic amines is 1. The first-order chi connectivity index (χ1) is 10.8. The van der Waals surface area contributed by atoms with Gasteiger partial charge in [-0.25, -0.2) is 0 Å². The first-order valence-corrected chi connectivity index (χ1v) is 7.42. The van der Waals surface area contributed by atoms with Crippen LogP contribution in [0, 0.1) is 12.8 Å². The summed E-state index contributed by atoms with van der Waals surface area (Å²) in [7, 11) is 0. The molecule has 3 rings (SSSR count). The molecular formula is C15H19N5O2. The van der Waals surface area contributed by atoms with Crippen molar-refractivity contribution in [3.8, 4) is 0 Å². The van der Waals surface area contributed by atoms with E-state index in [1.165, 1.54) is 6.20 Å². The van der Waals surface area contributed by atoms with Crippen LogP contribution in [-0.2, 0) is 4.74 Å². The number of aryl methyl sites for hydroxylation is 1. The van der Waals surface area contributed by atoms with Crippen LogP contribution in [0.4, 0.5) is 0 Å². The van der Waals surface area contributed by atoms with Crippen molar-refractivity contribution in [1.82, 2.24) is 25.7 Å².